The fourth-order valence-corrected chi connectivity index (χ4v) is 2.90. The lowest BCUT2D eigenvalue weighted by Gasteiger charge is -2.23. The van der Waals surface area contributed by atoms with E-state index in [1.165, 1.54) is 6.92 Å². The van der Waals surface area contributed by atoms with Crippen molar-refractivity contribution >= 4 is 23.7 Å². The van der Waals surface area contributed by atoms with Crippen molar-refractivity contribution in [3.63, 3.8) is 0 Å². The maximum Gasteiger partial charge on any atom is 0.326 e. The largest absolute Gasteiger partial charge is 0.480 e. The van der Waals surface area contributed by atoms with Crippen molar-refractivity contribution < 1.29 is 29.4 Å². The Kier molecular flexibility index (Phi) is 11.9. The van der Waals surface area contributed by atoms with Crippen LogP contribution in [-0.2, 0) is 25.6 Å². The first-order chi connectivity index (χ1) is 15.1. The van der Waals surface area contributed by atoms with E-state index in [4.69, 9.17) is 11.5 Å². The van der Waals surface area contributed by atoms with E-state index < -0.39 is 54.5 Å². The average Bonchev–Trinajstić information content (AvgIpc) is 2.75. The van der Waals surface area contributed by atoms with Gasteiger partial charge in [0.05, 0.1) is 18.7 Å². The molecule has 11 nitrogen and oxygen atoms in total. The Morgan fingerprint density at radius 2 is 1.69 bits per heavy atom. The third kappa shape index (κ3) is 9.86. The van der Waals surface area contributed by atoms with Crippen LogP contribution in [0.5, 0.6) is 0 Å². The van der Waals surface area contributed by atoms with Gasteiger partial charge in [0.15, 0.2) is 0 Å². The lowest BCUT2D eigenvalue weighted by molar-refractivity contribution is -0.143. The predicted molar refractivity (Wildman–Crippen MR) is 117 cm³/mol. The van der Waals surface area contributed by atoms with E-state index in [0.29, 0.717) is 19.4 Å². The maximum atomic E-state index is 12.4. The van der Waals surface area contributed by atoms with E-state index in [1.807, 2.05) is 30.3 Å². The van der Waals surface area contributed by atoms with Crippen molar-refractivity contribution in [2.45, 2.75) is 56.8 Å². The van der Waals surface area contributed by atoms with Gasteiger partial charge in [-0.15, -0.1) is 0 Å². The molecule has 0 heterocycles. The number of benzene rings is 1. The van der Waals surface area contributed by atoms with Crippen LogP contribution in [0.2, 0.25) is 0 Å². The molecule has 0 saturated carbocycles. The summed E-state index contributed by atoms with van der Waals surface area (Å²) in [6.45, 7) is 1.22. The van der Waals surface area contributed by atoms with Crippen molar-refractivity contribution in [3.8, 4) is 0 Å². The number of carbonyl (C=O) groups excluding carboxylic acids is 3. The summed E-state index contributed by atoms with van der Waals surface area (Å²) in [6.07, 6.45) is 0.243. The van der Waals surface area contributed by atoms with Crippen molar-refractivity contribution in [3.05, 3.63) is 35.9 Å². The normalized spacial score (nSPS) is 14.5. The van der Waals surface area contributed by atoms with Crippen LogP contribution in [-0.4, -0.2) is 71.2 Å². The quantitative estimate of drug-likeness (QED) is 0.161. The number of aliphatic hydroxyl groups excluding tert-OH is 1. The first-order valence-corrected chi connectivity index (χ1v) is 10.4. The van der Waals surface area contributed by atoms with Crippen molar-refractivity contribution in [2.75, 3.05) is 13.1 Å². The summed E-state index contributed by atoms with van der Waals surface area (Å²) in [5.74, 6) is -3.36. The lowest BCUT2D eigenvalue weighted by Crippen LogP contribution is -2.57. The standard InChI is InChI=1S/C21H33N5O6/c1-13(27)18(20(30)25-16(21(31)32)9-5-6-10-22)26-17(28)12-24-19(29)15(23)11-14-7-3-2-4-8-14/h2-4,7-8,13,15-16,18,27H,5-6,9-12,22-23H2,1H3,(H,24,29)(H,25,30)(H,26,28)(H,31,32). The Labute approximate surface area is 186 Å². The average molecular weight is 452 g/mol. The molecule has 0 aromatic heterocycles. The molecule has 11 heteroatoms. The van der Waals surface area contributed by atoms with Crippen LogP contribution in [0.15, 0.2) is 30.3 Å². The predicted octanol–water partition coefficient (Wildman–Crippen LogP) is -1.76. The molecule has 4 unspecified atom stereocenters. The number of unbranched alkanes of at least 4 members (excludes halogenated alkanes) is 1. The van der Waals surface area contributed by atoms with Gasteiger partial charge in [-0.25, -0.2) is 4.79 Å². The van der Waals surface area contributed by atoms with Crippen LogP contribution >= 0.6 is 0 Å². The van der Waals surface area contributed by atoms with Gasteiger partial charge < -0.3 is 37.6 Å². The molecule has 32 heavy (non-hydrogen) atoms. The van der Waals surface area contributed by atoms with E-state index in [9.17, 15) is 29.4 Å². The van der Waals surface area contributed by atoms with E-state index in [0.717, 1.165) is 5.56 Å². The smallest absolute Gasteiger partial charge is 0.326 e. The van der Waals surface area contributed by atoms with Gasteiger partial charge in [0, 0.05) is 0 Å². The van der Waals surface area contributed by atoms with Crippen molar-refractivity contribution in [2.24, 2.45) is 11.5 Å². The highest BCUT2D eigenvalue weighted by atomic mass is 16.4. The third-order valence-corrected chi connectivity index (χ3v) is 4.70. The first kappa shape index (κ1) is 27.0. The minimum Gasteiger partial charge on any atom is -0.480 e. The number of nitrogens with two attached hydrogens (primary N) is 2. The summed E-state index contributed by atoms with van der Waals surface area (Å²) in [6, 6.07) is 5.69. The van der Waals surface area contributed by atoms with Gasteiger partial charge >= 0.3 is 5.97 Å². The van der Waals surface area contributed by atoms with Crippen LogP contribution in [0, 0.1) is 0 Å². The highest BCUT2D eigenvalue weighted by molar-refractivity contribution is 5.92. The zero-order chi connectivity index (χ0) is 24.1. The Balaban J connectivity index is 2.57. The van der Waals surface area contributed by atoms with Gasteiger partial charge in [-0.2, -0.15) is 0 Å². The van der Waals surface area contributed by atoms with E-state index in [-0.39, 0.29) is 12.8 Å². The molecule has 0 saturated heterocycles. The molecule has 0 aliphatic rings. The number of aliphatic hydroxyl groups is 1. The molecule has 178 valence electrons. The first-order valence-electron chi connectivity index (χ1n) is 10.4. The second kappa shape index (κ2) is 14.1. The molecule has 1 aromatic rings. The summed E-state index contributed by atoms with van der Waals surface area (Å²) >= 11 is 0. The molecular weight excluding hydrogens is 418 g/mol. The minimum absolute atomic E-state index is 0.161. The molecule has 0 radical (unpaired) electrons. The number of aliphatic carboxylic acids is 1. The molecular formula is C21H33N5O6. The molecule has 0 aliphatic carbocycles. The van der Waals surface area contributed by atoms with E-state index in [2.05, 4.69) is 16.0 Å². The van der Waals surface area contributed by atoms with Crippen LogP contribution in [0.25, 0.3) is 0 Å². The number of hydrogen-bond acceptors (Lipinski definition) is 7. The number of carboxylic acid groups (broad SMARTS) is 1. The fraction of sp³-hybridized carbons (Fsp3) is 0.524. The van der Waals surface area contributed by atoms with Gasteiger partial charge in [-0.05, 0) is 44.7 Å². The van der Waals surface area contributed by atoms with Crippen LogP contribution in [0.1, 0.15) is 31.7 Å². The zero-order valence-electron chi connectivity index (χ0n) is 18.1. The van der Waals surface area contributed by atoms with Crippen LogP contribution in [0.4, 0.5) is 0 Å². The van der Waals surface area contributed by atoms with E-state index in [1.54, 1.807) is 0 Å². The lowest BCUT2D eigenvalue weighted by atomic mass is 10.1. The molecule has 1 rings (SSSR count). The third-order valence-electron chi connectivity index (χ3n) is 4.70. The summed E-state index contributed by atoms with van der Waals surface area (Å²) in [5, 5.41) is 26.1. The molecule has 0 aliphatic heterocycles. The minimum atomic E-state index is -1.39. The van der Waals surface area contributed by atoms with Gasteiger partial charge in [-0.1, -0.05) is 30.3 Å². The number of amides is 3. The molecule has 9 N–H and O–H groups in total. The molecule has 0 fully saturated rings. The Morgan fingerprint density at radius 3 is 2.25 bits per heavy atom. The van der Waals surface area contributed by atoms with Crippen LogP contribution < -0.4 is 27.4 Å². The molecule has 0 spiro atoms. The topological polar surface area (TPSA) is 197 Å². The van der Waals surface area contributed by atoms with Gasteiger partial charge in [0.1, 0.15) is 12.1 Å². The monoisotopic (exact) mass is 451 g/mol. The molecule has 0 bridgehead atoms. The Hall–Kier alpha value is -3.02. The van der Waals surface area contributed by atoms with Crippen LogP contribution in [0.3, 0.4) is 0 Å². The molecule has 1 aromatic carbocycles. The molecule has 3 amide bonds. The van der Waals surface area contributed by atoms with Gasteiger partial charge in [-0.3, -0.25) is 14.4 Å². The maximum absolute atomic E-state index is 12.4. The number of carboxylic acids is 1. The SMILES string of the molecule is CC(O)C(NC(=O)CNC(=O)C(N)Cc1ccccc1)C(=O)NC(CCCCN)C(=O)O. The summed E-state index contributed by atoms with van der Waals surface area (Å²) in [5.41, 5.74) is 12.1. The Morgan fingerprint density at radius 1 is 1.03 bits per heavy atom. The number of carbonyl (C=O) groups is 4. The Bertz CT molecular complexity index is 758. The van der Waals surface area contributed by atoms with Gasteiger partial charge in [0.25, 0.3) is 0 Å². The highest BCUT2D eigenvalue weighted by Gasteiger charge is 2.29. The second-order valence-electron chi connectivity index (χ2n) is 7.48. The molecule has 4 atom stereocenters. The zero-order valence-corrected chi connectivity index (χ0v) is 18.1. The fourth-order valence-electron chi connectivity index (χ4n) is 2.90. The second-order valence-corrected chi connectivity index (χ2v) is 7.48. The summed E-state index contributed by atoms with van der Waals surface area (Å²) in [7, 11) is 0. The number of hydrogen-bond donors (Lipinski definition) is 7. The number of nitrogens with one attached hydrogen (secondary N) is 3. The number of rotatable bonds is 14. The van der Waals surface area contributed by atoms with Gasteiger partial charge in [0.2, 0.25) is 17.7 Å². The summed E-state index contributed by atoms with van der Waals surface area (Å²) < 4.78 is 0. The van der Waals surface area contributed by atoms with Crippen molar-refractivity contribution in [1.29, 1.82) is 0 Å². The summed E-state index contributed by atoms with van der Waals surface area (Å²) in [4.78, 5) is 48.1. The van der Waals surface area contributed by atoms with E-state index >= 15 is 0 Å². The van der Waals surface area contributed by atoms with Crippen molar-refractivity contribution in [1.82, 2.24) is 16.0 Å². The highest BCUT2D eigenvalue weighted by Crippen LogP contribution is 2.04.